The first-order chi connectivity index (χ1) is 9.46. The molecule has 1 aliphatic carbocycles. The van der Waals surface area contributed by atoms with Crippen LogP contribution in [-0.4, -0.2) is 29.1 Å². The van der Waals surface area contributed by atoms with Crippen LogP contribution in [0.15, 0.2) is 0 Å². The summed E-state index contributed by atoms with van der Waals surface area (Å²) in [5.41, 5.74) is -0.549. The van der Waals surface area contributed by atoms with E-state index in [9.17, 15) is 5.11 Å². The molecule has 5 nitrogen and oxygen atoms in total. The van der Waals surface area contributed by atoms with Gasteiger partial charge < -0.3 is 14.6 Å². The van der Waals surface area contributed by atoms with Gasteiger partial charge in [0, 0.05) is 18.3 Å². The van der Waals surface area contributed by atoms with E-state index >= 15 is 0 Å². The topological polar surface area (TPSA) is 57.2 Å². The van der Waals surface area contributed by atoms with Crippen LogP contribution in [0.25, 0.3) is 0 Å². The van der Waals surface area contributed by atoms with Gasteiger partial charge in [0.2, 0.25) is 5.79 Å². The first-order valence-corrected chi connectivity index (χ1v) is 7.84. The van der Waals surface area contributed by atoms with Gasteiger partial charge >= 0.3 is 0 Å². The van der Waals surface area contributed by atoms with Crippen LogP contribution in [0.4, 0.5) is 0 Å². The molecular formula is C15H24O5. The zero-order valence-electron chi connectivity index (χ0n) is 12.4. The van der Waals surface area contributed by atoms with Gasteiger partial charge in [-0.2, -0.15) is 0 Å². The lowest BCUT2D eigenvalue weighted by molar-refractivity contribution is -0.576. The Morgan fingerprint density at radius 2 is 1.85 bits per heavy atom. The van der Waals surface area contributed by atoms with E-state index in [0.717, 1.165) is 19.3 Å². The van der Waals surface area contributed by atoms with Crippen molar-refractivity contribution >= 4 is 0 Å². The molecule has 20 heavy (non-hydrogen) atoms. The maximum absolute atomic E-state index is 10.2. The molecule has 2 bridgehead atoms. The Morgan fingerprint density at radius 3 is 2.65 bits per heavy atom. The predicted octanol–water partition coefficient (Wildman–Crippen LogP) is 2.19. The molecule has 5 aliphatic rings. The third-order valence-electron chi connectivity index (χ3n) is 6.12. The summed E-state index contributed by atoms with van der Waals surface area (Å²) < 4.78 is 11.9. The van der Waals surface area contributed by atoms with Crippen LogP contribution in [0.2, 0.25) is 0 Å². The van der Waals surface area contributed by atoms with Gasteiger partial charge in [0.05, 0.1) is 0 Å². The van der Waals surface area contributed by atoms with E-state index in [1.165, 1.54) is 6.42 Å². The third kappa shape index (κ3) is 1.56. The summed E-state index contributed by atoms with van der Waals surface area (Å²) in [6.07, 6.45) is 2.72. The average Bonchev–Trinajstić information content (AvgIpc) is 2.63. The highest BCUT2D eigenvalue weighted by molar-refractivity contribution is 5.08. The van der Waals surface area contributed by atoms with Crippen molar-refractivity contribution in [1.29, 1.82) is 0 Å². The van der Waals surface area contributed by atoms with Crippen molar-refractivity contribution in [1.82, 2.24) is 0 Å². The van der Waals surface area contributed by atoms with E-state index in [2.05, 4.69) is 6.92 Å². The number of hydrogen-bond donors (Lipinski definition) is 1. The minimum atomic E-state index is -0.781. The van der Waals surface area contributed by atoms with Gasteiger partial charge in [-0.25, -0.2) is 9.78 Å². The van der Waals surface area contributed by atoms with Crippen LogP contribution in [0.5, 0.6) is 0 Å². The Morgan fingerprint density at radius 1 is 1.05 bits per heavy atom. The van der Waals surface area contributed by atoms with E-state index in [1.54, 1.807) is 0 Å². The minimum Gasteiger partial charge on any atom is -0.368 e. The van der Waals surface area contributed by atoms with Gasteiger partial charge in [-0.1, -0.05) is 13.8 Å². The number of fused-ring (bicyclic) bond motifs is 2. The molecule has 8 atom stereocenters. The Hall–Kier alpha value is -0.200. The Balaban J connectivity index is 1.82. The second-order valence-corrected chi connectivity index (χ2v) is 7.30. The molecule has 0 aromatic heterocycles. The monoisotopic (exact) mass is 284 g/mol. The number of ether oxygens (including phenoxy) is 2. The molecule has 4 heterocycles. The number of aliphatic hydroxyl groups excluding tert-OH is 1. The molecule has 5 rings (SSSR count). The highest BCUT2D eigenvalue weighted by Crippen LogP contribution is 2.60. The van der Waals surface area contributed by atoms with Crippen LogP contribution in [0, 0.1) is 23.7 Å². The standard InChI is InChI=1S/C15H24O5/c1-8-4-5-11-9(2)12(16)17-13-15(11)10(8)6-7-14(3,18-13)19-20-15/h8-13,16H,4-7H2,1-3H3/t8-,9-,10-,11?,12+,13+,14?,15+/m0/s1. The molecular weight excluding hydrogens is 260 g/mol. The van der Waals surface area contributed by atoms with Gasteiger partial charge in [-0.3, -0.25) is 0 Å². The molecule has 4 saturated heterocycles. The van der Waals surface area contributed by atoms with Crippen LogP contribution >= 0.6 is 0 Å². The fourth-order valence-electron chi connectivity index (χ4n) is 4.89. The highest BCUT2D eigenvalue weighted by atomic mass is 17.3. The molecule has 0 radical (unpaired) electrons. The summed E-state index contributed by atoms with van der Waals surface area (Å²) in [6.45, 7) is 6.22. The summed E-state index contributed by atoms with van der Waals surface area (Å²) in [5, 5.41) is 10.2. The maximum atomic E-state index is 10.2. The lowest BCUT2D eigenvalue weighted by Gasteiger charge is -2.59. The fraction of sp³-hybridized carbons (Fsp3) is 1.00. The van der Waals surface area contributed by atoms with E-state index < -0.39 is 24.0 Å². The molecule has 0 aromatic rings. The molecule has 114 valence electrons. The van der Waals surface area contributed by atoms with Crippen LogP contribution in [-0.2, 0) is 19.2 Å². The maximum Gasteiger partial charge on any atom is 0.201 e. The van der Waals surface area contributed by atoms with Crippen LogP contribution in [0.1, 0.15) is 46.5 Å². The van der Waals surface area contributed by atoms with E-state index in [0.29, 0.717) is 11.8 Å². The number of aliphatic hydroxyl groups is 1. The molecule has 0 amide bonds. The van der Waals surface area contributed by atoms with Crippen molar-refractivity contribution in [2.45, 2.75) is 70.4 Å². The average molecular weight is 284 g/mol. The van der Waals surface area contributed by atoms with Gasteiger partial charge in [-0.15, -0.1) is 0 Å². The van der Waals surface area contributed by atoms with Crippen LogP contribution < -0.4 is 0 Å². The summed E-state index contributed by atoms with van der Waals surface area (Å²) in [7, 11) is 0. The molecule has 5 heteroatoms. The van der Waals surface area contributed by atoms with Crippen molar-refractivity contribution in [2.75, 3.05) is 0 Å². The largest absolute Gasteiger partial charge is 0.368 e. The van der Waals surface area contributed by atoms with Crippen LogP contribution in [0.3, 0.4) is 0 Å². The van der Waals surface area contributed by atoms with Crippen molar-refractivity contribution in [3.63, 3.8) is 0 Å². The molecule has 1 spiro atoms. The van der Waals surface area contributed by atoms with Crippen molar-refractivity contribution in [3.05, 3.63) is 0 Å². The summed E-state index contributed by atoms with van der Waals surface area (Å²) in [5.74, 6) is 0.437. The zero-order valence-corrected chi connectivity index (χ0v) is 12.4. The fourth-order valence-corrected chi connectivity index (χ4v) is 4.89. The van der Waals surface area contributed by atoms with Gasteiger partial charge in [-0.05, 0) is 38.0 Å². The van der Waals surface area contributed by atoms with Gasteiger partial charge in [0.1, 0.15) is 0 Å². The van der Waals surface area contributed by atoms with E-state index in [-0.39, 0.29) is 11.8 Å². The Kier molecular flexibility index (Phi) is 2.81. The van der Waals surface area contributed by atoms with E-state index in [1.807, 2.05) is 13.8 Å². The van der Waals surface area contributed by atoms with Crippen molar-refractivity contribution in [3.8, 4) is 0 Å². The van der Waals surface area contributed by atoms with Gasteiger partial charge in [0.25, 0.3) is 0 Å². The third-order valence-corrected chi connectivity index (χ3v) is 6.12. The van der Waals surface area contributed by atoms with Crippen molar-refractivity contribution < 1.29 is 24.4 Å². The summed E-state index contributed by atoms with van der Waals surface area (Å²) in [4.78, 5) is 11.6. The minimum absolute atomic E-state index is 0.0379. The Labute approximate surface area is 119 Å². The molecule has 2 unspecified atom stereocenters. The normalized spacial score (nSPS) is 61.8. The zero-order chi connectivity index (χ0) is 14.1. The van der Waals surface area contributed by atoms with E-state index in [4.69, 9.17) is 19.2 Å². The lowest BCUT2D eigenvalue weighted by Crippen LogP contribution is -2.70. The quantitative estimate of drug-likeness (QED) is 0.691. The molecule has 0 aromatic carbocycles. The second-order valence-electron chi connectivity index (χ2n) is 7.30. The smallest absolute Gasteiger partial charge is 0.201 e. The number of rotatable bonds is 0. The second kappa shape index (κ2) is 4.17. The predicted molar refractivity (Wildman–Crippen MR) is 69.0 cm³/mol. The number of hydrogen-bond acceptors (Lipinski definition) is 5. The highest BCUT2D eigenvalue weighted by Gasteiger charge is 2.69. The summed E-state index contributed by atoms with van der Waals surface area (Å²) >= 11 is 0. The summed E-state index contributed by atoms with van der Waals surface area (Å²) in [6, 6.07) is 0. The SMILES string of the molecule is C[C@H]1CCC2[C@H](C)[C@H](O)O[C@@H]3OC4(C)CC[C@@H]1[C@@]23OO4. The molecule has 1 saturated carbocycles. The first kappa shape index (κ1) is 13.5. The lowest BCUT2D eigenvalue weighted by atomic mass is 9.58. The Bertz CT molecular complexity index is 411. The molecule has 4 aliphatic heterocycles. The van der Waals surface area contributed by atoms with Crippen molar-refractivity contribution in [2.24, 2.45) is 23.7 Å². The molecule has 5 fully saturated rings. The molecule has 1 N–H and O–H groups in total. The first-order valence-electron chi connectivity index (χ1n) is 7.84. The van der Waals surface area contributed by atoms with Gasteiger partial charge in [0.15, 0.2) is 18.2 Å².